The molecule has 2 heterocycles. The molecular formula is C15H12Cl2N4O. The first-order valence-electron chi connectivity index (χ1n) is 6.52. The number of imidazole rings is 1. The topological polar surface area (TPSA) is 52.8 Å². The predicted molar refractivity (Wildman–Crippen MR) is 86.6 cm³/mol. The molecule has 0 aliphatic heterocycles. The molecule has 0 bridgehead atoms. The van der Waals surface area contributed by atoms with Gasteiger partial charge in [-0.15, -0.1) is 0 Å². The van der Waals surface area contributed by atoms with Gasteiger partial charge in [-0.2, -0.15) is 0 Å². The molecule has 0 amide bonds. The van der Waals surface area contributed by atoms with Crippen LogP contribution in [0.15, 0.2) is 43.6 Å². The van der Waals surface area contributed by atoms with Gasteiger partial charge in [-0.05, 0) is 12.1 Å². The Hall–Kier alpha value is -2.11. The van der Waals surface area contributed by atoms with Crippen LogP contribution in [-0.2, 0) is 6.54 Å². The highest BCUT2D eigenvalue weighted by atomic mass is 35.5. The summed E-state index contributed by atoms with van der Waals surface area (Å²) in [6.07, 6.45) is 6.50. The molecule has 7 heteroatoms. The molecule has 0 fully saturated rings. The zero-order chi connectivity index (χ0) is 15.5. The largest absolute Gasteiger partial charge is 0.489 e. The fourth-order valence-electron chi connectivity index (χ4n) is 2.11. The van der Waals surface area contributed by atoms with E-state index < -0.39 is 0 Å². The maximum atomic E-state index is 6.34. The molecule has 3 aromatic rings. The molecule has 0 aliphatic carbocycles. The first kappa shape index (κ1) is 14.8. The molecule has 0 saturated heterocycles. The summed E-state index contributed by atoms with van der Waals surface area (Å²) in [4.78, 5) is 12.5. The van der Waals surface area contributed by atoms with Crippen LogP contribution in [-0.4, -0.2) is 26.1 Å². The van der Waals surface area contributed by atoms with Gasteiger partial charge < -0.3 is 9.30 Å². The number of aromatic nitrogens is 4. The van der Waals surface area contributed by atoms with E-state index in [9.17, 15) is 0 Å². The van der Waals surface area contributed by atoms with Crippen molar-refractivity contribution >= 4 is 34.4 Å². The van der Waals surface area contributed by atoms with Gasteiger partial charge in [0.05, 0.1) is 29.1 Å². The second-order valence-electron chi connectivity index (χ2n) is 4.54. The highest BCUT2D eigenvalue weighted by Gasteiger charge is 2.14. The molecular weight excluding hydrogens is 323 g/mol. The van der Waals surface area contributed by atoms with Crippen molar-refractivity contribution in [1.82, 2.24) is 19.5 Å². The minimum absolute atomic E-state index is 0.387. The zero-order valence-corrected chi connectivity index (χ0v) is 13.1. The summed E-state index contributed by atoms with van der Waals surface area (Å²) in [7, 11) is 0. The lowest BCUT2D eigenvalue weighted by Gasteiger charge is -2.14. The quantitative estimate of drug-likeness (QED) is 0.667. The van der Waals surface area contributed by atoms with Crippen LogP contribution < -0.4 is 4.74 Å². The first-order chi connectivity index (χ1) is 10.7. The second kappa shape index (κ2) is 6.34. The molecule has 0 N–H and O–H groups in total. The third-order valence-electron chi connectivity index (χ3n) is 3.12. The van der Waals surface area contributed by atoms with Crippen molar-refractivity contribution in [3.8, 4) is 5.75 Å². The molecule has 0 saturated carbocycles. The number of fused-ring (bicyclic) bond motifs is 1. The molecule has 2 aromatic heterocycles. The highest BCUT2D eigenvalue weighted by molar-refractivity contribution is 6.42. The second-order valence-corrected chi connectivity index (χ2v) is 5.33. The summed E-state index contributed by atoms with van der Waals surface area (Å²) in [5, 5.41) is 0.931. The first-order valence-corrected chi connectivity index (χ1v) is 7.27. The number of ether oxygens (including phenoxy) is 1. The van der Waals surface area contributed by atoms with E-state index in [1.54, 1.807) is 30.7 Å². The Bertz CT molecular complexity index is 832. The van der Waals surface area contributed by atoms with Crippen LogP contribution in [0.25, 0.3) is 11.2 Å². The van der Waals surface area contributed by atoms with Crippen LogP contribution in [0.1, 0.15) is 5.56 Å². The smallest absolute Gasteiger partial charge is 0.163 e. The molecule has 0 aliphatic rings. The van der Waals surface area contributed by atoms with Gasteiger partial charge >= 0.3 is 0 Å². The standard InChI is InChI=1S/C15H12Cl2N4O/c1-2-5-22-13-4-3-11(16)14(17)10(13)7-21-9-20-12-6-18-8-19-15(12)21/h2-4,6,8-9H,1,5,7H2. The maximum Gasteiger partial charge on any atom is 0.163 e. The van der Waals surface area contributed by atoms with E-state index in [0.29, 0.717) is 34.5 Å². The number of nitrogens with zero attached hydrogens (tertiary/aromatic N) is 4. The van der Waals surface area contributed by atoms with Crippen LogP contribution in [0.4, 0.5) is 0 Å². The van der Waals surface area contributed by atoms with Gasteiger partial charge in [0.15, 0.2) is 5.65 Å². The SMILES string of the molecule is C=CCOc1ccc(Cl)c(Cl)c1Cn1cnc2cncnc21. The van der Waals surface area contributed by atoms with Crippen molar-refractivity contribution in [3.63, 3.8) is 0 Å². The summed E-state index contributed by atoms with van der Waals surface area (Å²) in [6.45, 7) is 4.48. The van der Waals surface area contributed by atoms with Gasteiger partial charge in [-0.3, -0.25) is 0 Å². The summed E-state index contributed by atoms with van der Waals surface area (Å²) < 4.78 is 7.53. The summed E-state index contributed by atoms with van der Waals surface area (Å²) in [6, 6.07) is 3.50. The zero-order valence-electron chi connectivity index (χ0n) is 11.5. The van der Waals surface area contributed by atoms with Gasteiger partial charge in [0.2, 0.25) is 0 Å². The predicted octanol–water partition coefficient (Wildman–Crippen LogP) is 3.75. The molecule has 112 valence electrons. The molecule has 5 nitrogen and oxygen atoms in total. The average Bonchev–Trinajstić information content (AvgIpc) is 2.94. The Kier molecular flexibility index (Phi) is 4.27. The Morgan fingerprint density at radius 2 is 2.14 bits per heavy atom. The van der Waals surface area contributed by atoms with Gasteiger partial charge in [0.1, 0.15) is 24.2 Å². The van der Waals surface area contributed by atoms with Crippen LogP contribution in [0.3, 0.4) is 0 Å². The van der Waals surface area contributed by atoms with E-state index in [4.69, 9.17) is 27.9 Å². The number of rotatable bonds is 5. The maximum absolute atomic E-state index is 6.34. The Morgan fingerprint density at radius 3 is 2.95 bits per heavy atom. The fourth-order valence-corrected chi connectivity index (χ4v) is 2.50. The normalized spacial score (nSPS) is 10.8. The monoisotopic (exact) mass is 334 g/mol. The van der Waals surface area contributed by atoms with E-state index >= 15 is 0 Å². The van der Waals surface area contributed by atoms with E-state index in [1.165, 1.54) is 6.33 Å². The molecule has 3 rings (SSSR count). The van der Waals surface area contributed by atoms with Crippen LogP contribution in [0, 0.1) is 0 Å². The van der Waals surface area contributed by atoms with Crippen LogP contribution in [0.5, 0.6) is 5.75 Å². The Morgan fingerprint density at radius 1 is 1.27 bits per heavy atom. The van der Waals surface area contributed by atoms with Gasteiger partial charge in [-0.1, -0.05) is 35.9 Å². The van der Waals surface area contributed by atoms with Gasteiger partial charge in [0, 0.05) is 5.56 Å². The third-order valence-corrected chi connectivity index (χ3v) is 3.96. The highest BCUT2D eigenvalue weighted by Crippen LogP contribution is 2.34. The van der Waals surface area contributed by atoms with E-state index in [2.05, 4.69) is 21.5 Å². The van der Waals surface area contributed by atoms with Gasteiger partial charge in [-0.25, -0.2) is 15.0 Å². The summed E-state index contributed by atoms with van der Waals surface area (Å²) in [5.41, 5.74) is 2.21. The number of halogens is 2. The summed E-state index contributed by atoms with van der Waals surface area (Å²) >= 11 is 12.5. The minimum Gasteiger partial charge on any atom is -0.489 e. The molecule has 0 unspecified atom stereocenters. The number of hydrogen-bond acceptors (Lipinski definition) is 4. The average molecular weight is 335 g/mol. The van der Waals surface area contributed by atoms with Crippen molar-refractivity contribution in [1.29, 1.82) is 0 Å². The summed E-state index contributed by atoms with van der Waals surface area (Å²) in [5.74, 6) is 0.658. The van der Waals surface area contributed by atoms with Crippen molar-refractivity contribution < 1.29 is 4.74 Å². The third kappa shape index (κ3) is 2.77. The minimum atomic E-state index is 0.387. The lowest BCUT2D eigenvalue weighted by atomic mass is 10.2. The molecule has 0 radical (unpaired) electrons. The van der Waals surface area contributed by atoms with E-state index in [0.717, 1.165) is 11.2 Å². The van der Waals surface area contributed by atoms with Crippen molar-refractivity contribution in [3.05, 3.63) is 59.2 Å². The van der Waals surface area contributed by atoms with E-state index in [-0.39, 0.29) is 0 Å². The van der Waals surface area contributed by atoms with E-state index in [1.807, 2.05) is 4.57 Å². The number of hydrogen-bond donors (Lipinski definition) is 0. The fraction of sp³-hybridized carbons (Fsp3) is 0.133. The molecule has 22 heavy (non-hydrogen) atoms. The lowest BCUT2D eigenvalue weighted by Crippen LogP contribution is -2.04. The van der Waals surface area contributed by atoms with Crippen molar-refractivity contribution in [2.24, 2.45) is 0 Å². The Labute approximate surface area is 137 Å². The van der Waals surface area contributed by atoms with Crippen molar-refractivity contribution in [2.45, 2.75) is 6.54 Å². The molecule has 1 aromatic carbocycles. The lowest BCUT2D eigenvalue weighted by molar-refractivity contribution is 0.358. The Balaban J connectivity index is 2.03. The molecule has 0 spiro atoms. The van der Waals surface area contributed by atoms with Crippen LogP contribution >= 0.6 is 23.2 Å². The molecule has 0 atom stereocenters. The van der Waals surface area contributed by atoms with Gasteiger partial charge in [0.25, 0.3) is 0 Å². The van der Waals surface area contributed by atoms with Crippen molar-refractivity contribution in [2.75, 3.05) is 6.61 Å². The number of benzene rings is 1. The van der Waals surface area contributed by atoms with Crippen LogP contribution in [0.2, 0.25) is 10.0 Å².